The summed E-state index contributed by atoms with van der Waals surface area (Å²) < 4.78 is 6.65. The van der Waals surface area contributed by atoms with E-state index in [1.165, 1.54) is 29.5 Å². The fourth-order valence-electron chi connectivity index (χ4n) is 3.51. The first-order chi connectivity index (χ1) is 14.9. The van der Waals surface area contributed by atoms with Crippen molar-refractivity contribution < 1.29 is 14.5 Å². The van der Waals surface area contributed by atoms with Crippen molar-refractivity contribution in [2.24, 2.45) is 0 Å². The minimum atomic E-state index is -0.461. The van der Waals surface area contributed by atoms with Gasteiger partial charge in [-0.2, -0.15) is 0 Å². The van der Waals surface area contributed by atoms with Crippen LogP contribution in [0.4, 0.5) is 10.8 Å². The van der Waals surface area contributed by atoms with Crippen LogP contribution in [-0.2, 0) is 9.53 Å². The molecule has 1 aliphatic rings. The van der Waals surface area contributed by atoms with E-state index < -0.39 is 4.92 Å². The number of benzene rings is 2. The number of non-ortho nitro benzene ring substituents is 1. The Bertz CT molecular complexity index is 1170. The molecule has 4 rings (SSSR count). The summed E-state index contributed by atoms with van der Waals surface area (Å²) in [6.07, 6.45) is 4.79. The van der Waals surface area contributed by atoms with Crippen LogP contribution in [0.15, 0.2) is 42.5 Å². The summed E-state index contributed by atoms with van der Waals surface area (Å²) in [5.41, 5.74) is 2.31. The second kappa shape index (κ2) is 9.13. The van der Waals surface area contributed by atoms with E-state index in [0.717, 1.165) is 28.6 Å². The van der Waals surface area contributed by atoms with Crippen LogP contribution in [0.3, 0.4) is 0 Å². The maximum atomic E-state index is 13.1. The van der Waals surface area contributed by atoms with E-state index in [2.05, 4.69) is 0 Å². The summed E-state index contributed by atoms with van der Waals surface area (Å²) in [4.78, 5) is 30.0. The third kappa shape index (κ3) is 4.92. The lowest BCUT2D eigenvalue weighted by atomic mass is 10.2. The predicted molar refractivity (Wildman–Crippen MR) is 123 cm³/mol. The van der Waals surface area contributed by atoms with Gasteiger partial charge in [0.25, 0.3) is 11.6 Å². The average molecular weight is 458 g/mol. The van der Waals surface area contributed by atoms with E-state index in [4.69, 9.17) is 21.3 Å². The molecular formula is C22H20ClN3O4S. The van der Waals surface area contributed by atoms with E-state index in [0.29, 0.717) is 28.9 Å². The quantitative estimate of drug-likeness (QED) is 0.281. The topological polar surface area (TPSA) is 85.6 Å². The average Bonchev–Trinajstić information content (AvgIpc) is 3.40. The van der Waals surface area contributed by atoms with E-state index in [1.54, 1.807) is 23.1 Å². The maximum Gasteiger partial charge on any atom is 0.270 e. The number of nitrogens with zero attached hydrogens (tertiary/aromatic N) is 3. The van der Waals surface area contributed by atoms with Gasteiger partial charge in [0, 0.05) is 29.8 Å². The van der Waals surface area contributed by atoms with Crippen molar-refractivity contribution in [3.63, 3.8) is 0 Å². The molecule has 3 aromatic rings. The lowest BCUT2D eigenvalue weighted by molar-refractivity contribution is -0.384. The van der Waals surface area contributed by atoms with Crippen molar-refractivity contribution in [1.82, 2.24) is 4.98 Å². The molecule has 31 heavy (non-hydrogen) atoms. The van der Waals surface area contributed by atoms with Gasteiger partial charge in [-0.15, -0.1) is 0 Å². The Kier molecular flexibility index (Phi) is 6.31. The lowest BCUT2D eigenvalue weighted by Gasteiger charge is -2.21. The number of ether oxygens (including phenoxy) is 1. The van der Waals surface area contributed by atoms with Gasteiger partial charge in [0.1, 0.15) is 0 Å². The molecule has 0 N–H and O–H groups in total. The summed E-state index contributed by atoms with van der Waals surface area (Å²) >= 11 is 7.59. The number of nitro benzene ring substituents is 1. The molecule has 160 valence electrons. The predicted octanol–water partition coefficient (Wildman–Crippen LogP) is 5.39. The summed E-state index contributed by atoms with van der Waals surface area (Å²) in [5.74, 6) is -0.259. The van der Waals surface area contributed by atoms with Crippen molar-refractivity contribution in [1.29, 1.82) is 0 Å². The Morgan fingerprint density at radius 2 is 2.26 bits per heavy atom. The number of rotatable bonds is 6. The molecular weight excluding hydrogens is 438 g/mol. The zero-order valence-electron chi connectivity index (χ0n) is 16.8. The van der Waals surface area contributed by atoms with Gasteiger partial charge in [-0.3, -0.25) is 19.8 Å². The van der Waals surface area contributed by atoms with Gasteiger partial charge in [0.15, 0.2) is 5.13 Å². The number of fused-ring (bicyclic) bond motifs is 1. The van der Waals surface area contributed by atoms with E-state index in [-0.39, 0.29) is 17.7 Å². The molecule has 0 aliphatic carbocycles. The van der Waals surface area contributed by atoms with Gasteiger partial charge in [0.05, 0.1) is 27.8 Å². The molecule has 0 saturated carbocycles. The van der Waals surface area contributed by atoms with Gasteiger partial charge in [0.2, 0.25) is 0 Å². The fourth-order valence-corrected chi connectivity index (χ4v) is 4.95. The Morgan fingerprint density at radius 3 is 3.00 bits per heavy atom. The molecule has 2 aromatic carbocycles. The highest BCUT2D eigenvalue weighted by Gasteiger charge is 2.25. The molecule has 0 radical (unpaired) electrons. The zero-order chi connectivity index (χ0) is 22.0. The molecule has 2 heterocycles. The second-order valence-corrected chi connectivity index (χ2v) is 8.78. The fraction of sp³-hybridized carbons (Fsp3) is 0.273. The standard InChI is InChI=1S/C22H20ClN3O4S/c1-14-10-16(23)12-19-21(14)24-22(31-19)25(13-18-6-3-9-30-18)20(27)8-7-15-4-2-5-17(11-15)26(28)29/h2,4-5,7-8,10-12,18H,3,6,9,13H2,1H3/b8-7+. The van der Waals surface area contributed by atoms with Crippen molar-refractivity contribution >= 4 is 56.0 Å². The molecule has 7 nitrogen and oxygen atoms in total. The third-order valence-electron chi connectivity index (χ3n) is 5.05. The van der Waals surface area contributed by atoms with Crippen LogP contribution in [0.2, 0.25) is 5.02 Å². The number of anilines is 1. The number of aromatic nitrogens is 1. The molecule has 9 heteroatoms. The first-order valence-electron chi connectivity index (χ1n) is 9.83. The zero-order valence-corrected chi connectivity index (χ0v) is 18.4. The largest absolute Gasteiger partial charge is 0.376 e. The smallest absolute Gasteiger partial charge is 0.270 e. The minimum absolute atomic E-state index is 0.0238. The molecule has 1 saturated heterocycles. The normalized spacial score (nSPS) is 16.3. The SMILES string of the molecule is Cc1cc(Cl)cc2sc(N(CC3CCCO3)C(=O)/C=C/c3cccc([N+](=O)[O-])c3)nc12. The number of carbonyl (C=O) groups is 1. The lowest BCUT2D eigenvalue weighted by Crippen LogP contribution is -2.36. The highest BCUT2D eigenvalue weighted by molar-refractivity contribution is 7.22. The first kappa shape index (κ1) is 21.4. The van der Waals surface area contributed by atoms with Gasteiger partial charge < -0.3 is 4.74 Å². The summed E-state index contributed by atoms with van der Waals surface area (Å²) in [5, 5.41) is 12.2. The number of aryl methyl sites for hydroxylation is 1. The van der Waals surface area contributed by atoms with Gasteiger partial charge in [-0.25, -0.2) is 4.98 Å². The van der Waals surface area contributed by atoms with Crippen LogP contribution in [-0.4, -0.2) is 35.1 Å². The Labute approximate surface area is 188 Å². The summed E-state index contributed by atoms with van der Waals surface area (Å²) in [6, 6.07) is 9.84. The van der Waals surface area contributed by atoms with Gasteiger partial charge in [-0.05, 0) is 49.1 Å². The van der Waals surface area contributed by atoms with E-state index in [1.807, 2.05) is 19.1 Å². The van der Waals surface area contributed by atoms with Crippen LogP contribution < -0.4 is 4.90 Å². The molecule has 1 aliphatic heterocycles. The molecule has 0 spiro atoms. The Morgan fingerprint density at radius 1 is 1.42 bits per heavy atom. The van der Waals surface area contributed by atoms with Crippen LogP contribution in [0.25, 0.3) is 16.3 Å². The number of halogens is 1. The highest BCUT2D eigenvalue weighted by atomic mass is 35.5. The molecule has 1 atom stereocenters. The van der Waals surface area contributed by atoms with Crippen LogP contribution in [0, 0.1) is 17.0 Å². The Hall–Kier alpha value is -2.81. The number of hydrogen-bond donors (Lipinski definition) is 0. The molecule has 1 unspecified atom stereocenters. The number of hydrogen-bond acceptors (Lipinski definition) is 6. The second-order valence-electron chi connectivity index (χ2n) is 7.34. The molecule has 0 bridgehead atoms. The number of amides is 1. The molecule has 1 fully saturated rings. The monoisotopic (exact) mass is 457 g/mol. The van der Waals surface area contributed by atoms with Crippen molar-refractivity contribution in [3.05, 3.63) is 68.7 Å². The first-order valence-corrected chi connectivity index (χ1v) is 11.0. The highest BCUT2D eigenvalue weighted by Crippen LogP contribution is 2.34. The molecule has 1 aromatic heterocycles. The number of nitro groups is 1. The van der Waals surface area contributed by atoms with Crippen molar-refractivity contribution in [3.8, 4) is 0 Å². The Balaban J connectivity index is 1.64. The van der Waals surface area contributed by atoms with E-state index >= 15 is 0 Å². The van der Waals surface area contributed by atoms with Crippen molar-refractivity contribution in [2.75, 3.05) is 18.1 Å². The minimum Gasteiger partial charge on any atom is -0.376 e. The number of carbonyl (C=O) groups excluding carboxylic acids is 1. The van der Waals surface area contributed by atoms with Gasteiger partial charge in [-0.1, -0.05) is 35.1 Å². The summed E-state index contributed by atoms with van der Waals surface area (Å²) in [6.45, 7) is 3.02. The number of thiazole rings is 1. The van der Waals surface area contributed by atoms with Crippen molar-refractivity contribution in [2.45, 2.75) is 25.9 Å². The van der Waals surface area contributed by atoms with Crippen LogP contribution in [0.1, 0.15) is 24.0 Å². The molecule has 1 amide bonds. The van der Waals surface area contributed by atoms with Crippen LogP contribution >= 0.6 is 22.9 Å². The maximum absolute atomic E-state index is 13.1. The van der Waals surface area contributed by atoms with E-state index in [9.17, 15) is 14.9 Å². The van der Waals surface area contributed by atoms with Crippen LogP contribution in [0.5, 0.6) is 0 Å². The van der Waals surface area contributed by atoms with Gasteiger partial charge >= 0.3 is 0 Å². The third-order valence-corrected chi connectivity index (χ3v) is 6.29. The summed E-state index contributed by atoms with van der Waals surface area (Å²) in [7, 11) is 0.